The smallest absolute Gasteiger partial charge is 0.145 e. The molecule has 1 aromatic heterocycles. The molecule has 0 amide bonds. The van der Waals surface area contributed by atoms with E-state index in [4.69, 9.17) is 5.41 Å². The molecule has 2 aliphatic rings. The summed E-state index contributed by atoms with van der Waals surface area (Å²) in [6, 6.07) is 7.98. The zero-order chi connectivity index (χ0) is 18.7. The van der Waals surface area contributed by atoms with Crippen LogP contribution in [0.15, 0.2) is 30.0 Å². The molecule has 6 nitrogen and oxygen atoms in total. The van der Waals surface area contributed by atoms with Gasteiger partial charge in [-0.1, -0.05) is 12.1 Å². The highest BCUT2D eigenvalue weighted by Crippen LogP contribution is 2.36. The maximum Gasteiger partial charge on any atom is 0.145 e. The van der Waals surface area contributed by atoms with Gasteiger partial charge in [-0.15, -0.1) is 0 Å². The Labute approximate surface area is 153 Å². The van der Waals surface area contributed by atoms with Gasteiger partial charge in [0, 0.05) is 17.1 Å². The van der Waals surface area contributed by atoms with E-state index >= 15 is 0 Å². The Morgan fingerprint density at radius 2 is 1.81 bits per heavy atom. The highest BCUT2D eigenvalue weighted by atomic mass is 16.3. The zero-order valence-corrected chi connectivity index (χ0v) is 15.8. The molecule has 4 rings (SSSR count). The normalized spacial score (nSPS) is 23.2. The van der Waals surface area contributed by atoms with Crippen LogP contribution >= 0.6 is 0 Å². The van der Waals surface area contributed by atoms with Crippen molar-refractivity contribution < 1.29 is 5.11 Å². The Hall–Kier alpha value is -2.34. The second-order valence-corrected chi connectivity index (χ2v) is 8.86. The van der Waals surface area contributed by atoms with E-state index in [0.717, 1.165) is 23.9 Å². The average Bonchev–Trinajstić information content (AvgIpc) is 3.04. The number of para-hydroxylation sites is 2. The first-order valence-electron chi connectivity index (χ1n) is 9.17. The molecule has 0 atom stereocenters. The van der Waals surface area contributed by atoms with E-state index in [1.54, 1.807) is 0 Å². The number of aliphatic hydroxyl groups excluding tert-OH is 1. The molecule has 0 unspecified atom stereocenters. The van der Waals surface area contributed by atoms with Gasteiger partial charge in [0.25, 0.3) is 0 Å². The Morgan fingerprint density at radius 1 is 1.15 bits per heavy atom. The molecule has 0 aliphatic carbocycles. The first-order chi connectivity index (χ1) is 12.2. The molecule has 0 spiro atoms. The van der Waals surface area contributed by atoms with Crippen LogP contribution < -0.4 is 5.32 Å². The van der Waals surface area contributed by atoms with Crippen LogP contribution in [0.1, 0.15) is 46.4 Å². The maximum atomic E-state index is 10.6. The summed E-state index contributed by atoms with van der Waals surface area (Å²) in [5.41, 5.74) is 2.27. The van der Waals surface area contributed by atoms with Crippen LogP contribution in [0.3, 0.4) is 0 Å². The van der Waals surface area contributed by atoms with Crippen molar-refractivity contribution >= 4 is 22.4 Å². The number of nitrogens with one attached hydrogen (secondary N) is 3. The molecule has 2 aromatic rings. The number of fused-ring (bicyclic) bond motifs is 1. The van der Waals surface area contributed by atoms with Gasteiger partial charge in [-0.05, 0) is 52.7 Å². The third-order valence-corrected chi connectivity index (χ3v) is 5.37. The van der Waals surface area contributed by atoms with Gasteiger partial charge in [-0.3, -0.25) is 5.41 Å². The van der Waals surface area contributed by atoms with Crippen LogP contribution in [0, 0.1) is 5.41 Å². The Kier molecular flexibility index (Phi) is 3.67. The minimum absolute atomic E-state index is 0.00949. The Balaban J connectivity index is 1.64. The van der Waals surface area contributed by atoms with E-state index in [2.05, 4.69) is 43.0 Å². The number of benzene rings is 1. The third kappa shape index (κ3) is 2.88. The maximum absolute atomic E-state index is 10.6. The number of aromatic nitrogens is 2. The summed E-state index contributed by atoms with van der Waals surface area (Å²) in [6.45, 7) is 9.19. The van der Waals surface area contributed by atoms with Crippen LogP contribution in [0.4, 0.5) is 0 Å². The van der Waals surface area contributed by atoms with Gasteiger partial charge in [0.15, 0.2) is 0 Å². The number of aliphatic hydroxyl groups is 1. The van der Waals surface area contributed by atoms with Crippen molar-refractivity contribution in [3.8, 4) is 0 Å². The number of hydrogen-bond donors (Lipinski definition) is 4. The van der Waals surface area contributed by atoms with Crippen molar-refractivity contribution in [2.75, 3.05) is 6.54 Å². The summed E-state index contributed by atoms with van der Waals surface area (Å²) in [5, 5.41) is 23.0. The highest BCUT2D eigenvalue weighted by molar-refractivity contribution is 6.23. The monoisotopic (exact) mass is 353 g/mol. The number of piperidine rings is 1. The van der Waals surface area contributed by atoms with E-state index in [1.165, 1.54) is 0 Å². The fourth-order valence-corrected chi connectivity index (χ4v) is 4.72. The number of hydrogen-bond acceptors (Lipinski definition) is 4. The van der Waals surface area contributed by atoms with Crippen molar-refractivity contribution in [3.05, 3.63) is 35.8 Å². The van der Waals surface area contributed by atoms with E-state index in [9.17, 15) is 5.11 Å². The zero-order valence-electron chi connectivity index (χ0n) is 15.8. The van der Waals surface area contributed by atoms with Crippen LogP contribution in [-0.4, -0.2) is 49.5 Å². The van der Waals surface area contributed by atoms with Crippen molar-refractivity contribution in [3.63, 3.8) is 0 Å². The van der Waals surface area contributed by atoms with Crippen LogP contribution in [-0.2, 0) is 0 Å². The molecular weight excluding hydrogens is 326 g/mol. The molecule has 3 heterocycles. The molecule has 1 saturated heterocycles. The van der Waals surface area contributed by atoms with Gasteiger partial charge in [-0.2, -0.15) is 0 Å². The molecule has 0 radical (unpaired) electrons. The lowest BCUT2D eigenvalue weighted by molar-refractivity contribution is 0.105. The molecule has 1 aromatic carbocycles. The fourth-order valence-electron chi connectivity index (χ4n) is 4.72. The first kappa shape index (κ1) is 17.1. The van der Waals surface area contributed by atoms with Gasteiger partial charge in [0.1, 0.15) is 17.4 Å². The number of rotatable bonds is 2. The van der Waals surface area contributed by atoms with E-state index < -0.39 is 0 Å². The topological polar surface area (TPSA) is 88.0 Å². The molecular formula is C20H27N5O. The number of amidine groups is 1. The predicted molar refractivity (Wildman–Crippen MR) is 104 cm³/mol. The molecule has 2 aliphatic heterocycles. The molecule has 26 heavy (non-hydrogen) atoms. The standard InChI is InChI=1S/C20H27N5O/c1-19(2)9-12(10-20(3,4)24-19)25-11-15(26)16(17(25)21)18-22-13-7-5-6-8-14(13)23-18/h5-8,12,21,24,26H,9-11H2,1-4H3,(H,22,23). The first-order valence-corrected chi connectivity index (χ1v) is 9.17. The van der Waals surface area contributed by atoms with E-state index in [0.29, 0.717) is 23.8 Å². The van der Waals surface area contributed by atoms with E-state index in [-0.39, 0.29) is 22.9 Å². The molecule has 0 saturated carbocycles. The minimum Gasteiger partial charge on any atom is -0.510 e. The summed E-state index contributed by atoms with van der Waals surface area (Å²) in [4.78, 5) is 9.85. The summed E-state index contributed by atoms with van der Waals surface area (Å²) in [6.07, 6.45) is 1.86. The lowest BCUT2D eigenvalue weighted by Gasteiger charge is -2.49. The van der Waals surface area contributed by atoms with Gasteiger partial charge >= 0.3 is 0 Å². The number of nitrogens with zero attached hydrogens (tertiary/aromatic N) is 2. The molecule has 0 bridgehead atoms. The molecule has 138 valence electrons. The van der Waals surface area contributed by atoms with Gasteiger partial charge in [0.2, 0.25) is 0 Å². The number of imidazole rings is 1. The van der Waals surface area contributed by atoms with Crippen molar-refractivity contribution in [1.29, 1.82) is 5.41 Å². The van der Waals surface area contributed by atoms with Crippen LogP contribution in [0.5, 0.6) is 0 Å². The second-order valence-electron chi connectivity index (χ2n) is 8.86. The van der Waals surface area contributed by atoms with Gasteiger partial charge < -0.3 is 20.3 Å². The lowest BCUT2D eigenvalue weighted by atomic mass is 9.79. The predicted octanol–water partition coefficient (Wildman–Crippen LogP) is 3.43. The molecule has 1 fully saturated rings. The molecule has 6 heteroatoms. The van der Waals surface area contributed by atoms with Crippen LogP contribution in [0.2, 0.25) is 0 Å². The second kappa shape index (κ2) is 5.58. The number of H-pyrrole nitrogens is 1. The largest absolute Gasteiger partial charge is 0.510 e. The lowest BCUT2D eigenvalue weighted by Crippen LogP contribution is -2.62. The number of aromatic amines is 1. The minimum atomic E-state index is -0.00949. The Morgan fingerprint density at radius 3 is 2.46 bits per heavy atom. The molecule has 4 N–H and O–H groups in total. The Bertz CT molecular complexity index is 859. The summed E-state index contributed by atoms with van der Waals surface area (Å²) < 4.78 is 0. The van der Waals surface area contributed by atoms with Crippen molar-refractivity contribution in [1.82, 2.24) is 20.2 Å². The van der Waals surface area contributed by atoms with E-state index in [1.807, 2.05) is 29.2 Å². The average molecular weight is 353 g/mol. The third-order valence-electron chi connectivity index (χ3n) is 5.37. The van der Waals surface area contributed by atoms with Gasteiger partial charge in [0.05, 0.1) is 23.2 Å². The van der Waals surface area contributed by atoms with Crippen molar-refractivity contribution in [2.45, 2.75) is 57.7 Å². The quantitative estimate of drug-likeness (QED) is 0.666. The summed E-state index contributed by atoms with van der Waals surface area (Å²) in [5.74, 6) is 1.16. The van der Waals surface area contributed by atoms with Gasteiger partial charge in [-0.25, -0.2) is 4.98 Å². The summed E-state index contributed by atoms with van der Waals surface area (Å²) in [7, 11) is 0. The highest BCUT2D eigenvalue weighted by Gasteiger charge is 2.43. The SMILES string of the molecule is CC1(C)CC(N2CC(O)=C(c3nc4ccccc4[nH]3)C2=N)CC(C)(C)N1. The fraction of sp³-hybridized carbons (Fsp3) is 0.500. The van der Waals surface area contributed by atoms with Crippen LogP contribution in [0.25, 0.3) is 16.6 Å². The summed E-state index contributed by atoms with van der Waals surface area (Å²) >= 11 is 0. The van der Waals surface area contributed by atoms with Crippen molar-refractivity contribution in [2.24, 2.45) is 0 Å².